The largest absolute Gasteiger partial charge is 0.484 e. The van der Waals surface area contributed by atoms with E-state index in [0.29, 0.717) is 36.1 Å². The predicted molar refractivity (Wildman–Crippen MR) is 157 cm³/mol. The number of aromatic nitrogens is 3. The first-order valence-electron chi connectivity index (χ1n) is 14.3. The van der Waals surface area contributed by atoms with Crippen LogP contribution in [0.2, 0.25) is 5.02 Å². The van der Waals surface area contributed by atoms with E-state index in [2.05, 4.69) is 20.5 Å². The maximum Gasteiger partial charge on any atom is 0.335 e. The van der Waals surface area contributed by atoms with Gasteiger partial charge in [-0.2, -0.15) is 5.26 Å². The summed E-state index contributed by atoms with van der Waals surface area (Å²) in [5, 5.41) is 19.2. The van der Waals surface area contributed by atoms with Gasteiger partial charge < -0.3 is 19.1 Å². The maximum atomic E-state index is 14.0. The van der Waals surface area contributed by atoms with Gasteiger partial charge in [0.1, 0.15) is 18.5 Å². The van der Waals surface area contributed by atoms with E-state index < -0.39 is 11.8 Å². The second kappa shape index (κ2) is 12.2. The fourth-order valence-electron chi connectivity index (χ4n) is 5.58. The molecule has 1 saturated carbocycles. The second-order valence-corrected chi connectivity index (χ2v) is 11.8. The fraction of sp³-hybridized carbons (Fsp3) is 0.375. The van der Waals surface area contributed by atoms with Crippen LogP contribution in [-0.2, 0) is 19.7 Å². The van der Waals surface area contributed by atoms with Gasteiger partial charge in [-0.25, -0.2) is 19.2 Å². The average molecular weight is 604 g/mol. The van der Waals surface area contributed by atoms with Gasteiger partial charge in [-0.15, -0.1) is 0 Å². The Hall–Kier alpha value is -4.20. The maximum absolute atomic E-state index is 14.0. The first-order valence-corrected chi connectivity index (χ1v) is 14.7. The lowest BCUT2D eigenvalue weighted by molar-refractivity contribution is 0.0697. The number of hydrogen-bond donors (Lipinski definition) is 1. The number of ether oxygens (including phenoxy) is 2. The van der Waals surface area contributed by atoms with Crippen LogP contribution < -0.4 is 9.47 Å². The van der Waals surface area contributed by atoms with Crippen LogP contribution in [-0.4, -0.2) is 49.7 Å². The molecule has 0 bridgehead atoms. The van der Waals surface area contributed by atoms with Crippen molar-refractivity contribution in [2.24, 2.45) is 5.41 Å². The molecule has 222 valence electrons. The molecule has 0 amide bonds. The van der Waals surface area contributed by atoms with Gasteiger partial charge in [0.2, 0.25) is 5.88 Å². The van der Waals surface area contributed by atoms with E-state index in [-0.39, 0.29) is 29.4 Å². The molecule has 0 unspecified atom stereocenters. The Morgan fingerprint density at radius 1 is 1.14 bits per heavy atom. The van der Waals surface area contributed by atoms with Crippen molar-refractivity contribution in [1.29, 1.82) is 5.26 Å². The van der Waals surface area contributed by atoms with Crippen molar-refractivity contribution in [1.82, 2.24) is 19.4 Å². The summed E-state index contributed by atoms with van der Waals surface area (Å²) < 4.78 is 28.0. The Bertz CT molecular complexity index is 1690. The van der Waals surface area contributed by atoms with E-state index in [1.807, 2.05) is 6.07 Å². The molecule has 2 aliphatic rings. The lowest BCUT2D eigenvalue weighted by Gasteiger charge is -2.32. The number of likely N-dealkylation sites (tertiary alicyclic amines) is 1. The Labute approximate surface area is 253 Å². The van der Waals surface area contributed by atoms with Crippen LogP contribution in [0.3, 0.4) is 0 Å². The van der Waals surface area contributed by atoms with Crippen molar-refractivity contribution in [3.8, 4) is 17.7 Å². The van der Waals surface area contributed by atoms with E-state index in [1.54, 1.807) is 36.4 Å². The third-order valence-corrected chi connectivity index (χ3v) is 8.45. The summed E-state index contributed by atoms with van der Waals surface area (Å²) in [6.45, 7) is 2.98. The molecule has 1 N–H and O–H groups in total. The molecule has 11 heteroatoms. The van der Waals surface area contributed by atoms with Crippen molar-refractivity contribution >= 4 is 28.6 Å². The molecule has 0 radical (unpaired) electrons. The quantitative estimate of drug-likeness (QED) is 0.214. The molecule has 4 aromatic rings. The van der Waals surface area contributed by atoms with Crippen LogP contribution in [0.25, 0.3) is 11.0 Å². The summed E-state index contributed by atoms with van der Waals surface area (Å²) in [6.07, 6.45) is 4.06. The van der Waals surface area contributed by atoms with Crippen LogP contribution in [0.1, 0.15) is 54.0 Å². The molecular weight excluding hydrogens is 573 g/mol. The summed E-state index contributed by atoms with van der Waals surface area (Å²) in [7, 11) is 0. The molecule has 1 saturated heterocycles. The minimum atomic E-state index is -0.973. The number of nitrogens with zero attached hydrogens (tertiary/aromatic N) is 5. The summed E-state index contributed by atoms with van der Waals surface area (Å²) in [5.41, 5.74) is 2.35. The number of benzene rings is 2. The van der Waals surface area contributed by atoms with Gasteiger partial charge >= 0.3 is 5.97 Å². The number of imidazole rings is 1. The molecule has 2 fully saturated rings. The van der Waals surface area contributed by atoms with Crippen molar-refractivity contribution in [2.45, 2.75) is 57.9 Å². The molecular formula is C32H31ClFN5O4. The van der Waals surface area contributed by atoms with Crippen LogP contribution in [0.15, 0.2) is 54.6 Å². The topological polar surface area (TPSA) is 114 Å². The Kier molecular flexibility index (Phi) is 8.19. The van der Waals surface area contributed by atoms with Crippen molar-refractivity contribution in [3.63, 3.8) is 0 Å². The number of pyridine rings is 1. The van der Waals surface area contributed by atoms with Gasteiger partial charge in [0.25, 0.3) is 0 Å². The Balaban J connectivity index is 1.08. The van der Waals surface area contributed by atoms with E-state index in [1.165, 1.54) is 12.1 Å². The summed E-state index contributed by atoms with van der Waals surface area (Å²) >= 11 is 5.81. The standard InChI is InChI=1S/C32H31ClFN5O4/c33-22-5-7-28(25(34)17-22)42-19-23-2-1-3-30(36-23)43-24-8-14-38(15-9-24)18-29-37-26-6-4-21(31(40)41)16-27(26)39(29)20-32(10-11-32)12-13-35/h1-7,16-17,24H,8-12,14-15,18-20H2,(H,40,41). The van der Waals surface area contributed by atoms with Gasteiger partial charge in [0.15, 0.2) is 11.6 Å². The number of carboxylic acids is 1. The molecule has 1 aliphatic carbocycles. The van der Waals surface area contributed by atoms with Crippen LogP contribution in [0.5, 0.6) is 11.6 Å². The number of halogens is 2. The van der Waals surface area contributed by atoms with E-state index in [0.717, 1.165) is 55.6 Å². The van der Waals surface area contributed by atoms with Crippen molar-refractivity contribution in [2.75, 3.05) is 13.1 Å². The first kappa shape index (κ1) is 28.9. The van der Waals surface area contributed by atoms with E-state index in [9.17, 15) is 19.6 Å². The minimum Gasteiger partial charge on any atom is -0.484 e. The zero-order valence-electron chi connectivity index (χ0n) is 23.5. The van der Waals surface area contributed by atoms with Gasteiger partial charge in [-0.05, 0) is 68.1 Å². The molecule has 0 atom stereocenters. The highest BCUT2D eigenvalue weighted by molar-refractivity contribution is 6.30. The number of carboxylic acid groups (broad SMARTS) is 1. The number of rotatable bonds is 11. The molecule has 2 aromatic heterocycles. The number of carbonyl (C=O) groups is 1. The summed E-state index contributed by atoms with van der Waals surface area (Å²) in [5.74, 6) is -0.00833. The fourth-order valence-corrected chi connectivity index (χ4v) is 5.74. The highest BCUT2D eigenvalue weighted by atomic mass is 35.5. The average Bonchev–Trinajstić information content (AvgIpc) is 3.67. The Morgan fingerprint density at radius 3 is 2.67 bits per heavy atom. The Morgan fingerprint density at radius 2 is 1.95 bits per heavy atom. The molecule has 2 aromatic carbocycles. The van der Waals surface area contributed by atoms with Crippen LogP contribution in [0.4, 0.5) is 4.39 Å². The smallest absolute Gasteiger partial charge is 0.335 e. The lowest BCUT2D eigenvalue weighted by Crippen LogP contribution is -2.38. The normalized spacial score (nSPS) is 16.6. The number of fused-ring (bicyclic) bond motifs is 1. The van der Waals surface area contributed by atoms with Crippen molar-refractivity contribution < 1.29 is 23.8 Å². The zero-order valence-corrected chi connectivity index (χ0v) is 24.3. The third-order valence-electron chi connectivity index (χ3n) is 8.22. The first-order chi connectivity index (χ1) is 20.8. The monoisotopic (exact) mass is 603 g/mol. The predicted octanol–water partition coefficient (Wildman–Crippen LogP) is 6.24. The van der Waals surface area contributed by atoms with E-state index in [4.69, 9.17) is 26.1 Å². The van der Waals surface area contributed by atoms with Crippen LogP contribution >= 0.6 is 11.6 Å². The van der Waals surface area contributed by atoms with Gasteiger partial charge in [0, 0.05) is 42.6 Å². The van der Waals surface area contributed by atoms with Gasteiger partial charge in [-0.1, -0.05) is 17.7 Å². The number of piperidine rings is 1. The van der Waals surface area contributed by atoms with Crippen molar-refractivity contribution in [3.05, 3.63) is 82.5 Å². The highest BCUT2D eigenvalue weighted by Gasteiger charge is 2.43. The second-order valence-electron chi connectivity index (χ2n) is 11.4. The van der Waals surface area contributed by atoms with Gasteiger partial charge in [0.05, 0.1) is 34.9 Å². The third kappa shape index (κ3) is 6.74. The van der Waals surface area contributed by atoms with Crippen LogP contribution in [0, 0.1) is 22.6 Å². The zero-order chi connectivity index (χ0) is 30.0. The number of aromatic carboxylic acids is 1. The molecule has 0 spiro atoms. The van der Waals surface area contributed by atoms with Gasteiger partial charge in [-0.3, -0.25) is 4.90 Å². The molecule has 9 nitrogen and oxygen atoms in total. The molecule has 6 rings (SSSR count). The molecule has 1 aliphatic heterocycles. The minimum absolute atomic E-state index is 0.00377. The summed E-state index contributed by atoms with van der Waals surface area (Å²) in [6, 6.07) is 17.1. The number of nitriles is 1. The lowest BCUT2D eigenvalue weighted by atomic mass is 10.0. The van der Waals surface area contributed by atoms with E-state index >= 15 is 0 Å². The molecule has 3 heterocycles. The SMILES string of the molecule is N#CCC1(Cn2c(CN3CCC(Oc4cccc(COc5ccc(Cl)cc5F)n4)CC3)nc3ccc(C(=O)O)cc32)CC1. The summed E-state index contributed by atoms with van der Waals surface area (Å²) in [4.78, 5) is 23.4. The number of hydrogen-bond acceptors (Lipinski definition) is 7. The highest BCUT2D eigenvalue weighted by Crippen LogP contribution is 2.50. The molecule has 43 heavy (non-hydrogen) atoms.